The van der Waals surface area contributed by atoms with Crippen LogP contribution in [0.3, 0.4) is 0 Å². The highest BCUT2D eigenvalue weighted by molar-refractivity contribution is 7.90. The van der Waals surface area contributed by atoms with Gasteiger partial charge in [0.2, 0.25) is 0 Å². The molecule has 2 fully saturated rings. The van der Waals surface area contributed by atoms with Gasteiger partial charge >= 0.3 is 0 Å². The number of piperidine rings is 1. The van der Waals surface area contributed by atoms with Gasteiger partial charge < -0.3 is 18.8 Å². The van der Waals surface area contributed by atoms with Crippen molar-refractivity contribution in [2.24, 2.45) is 0 Å². The molecule has 0 bridgehead atoms. The fourth-order valence-electron chi connectivity index (χ4n) is 3.46. The molecule has 0 aliphatic carbocycles. The average Bonchev–Trinajstić information content (AvgIpc) is 3.32. The number of amides is 1. The van der Waals surface area contributed by atoms with Gasteiger partial charge in [-0.2, -0.15) is 0 Å². The van der Waals surface area contributed by atoms with Gasteiger partial charge in [-0.1, -0.05) is 18.2 Å². The molecule has 7 nitrogen and oxygen atoms in total. The highest BCUT2D eigenvalue weighted by atomic mass is 32.2. The zero-order chi connectivity index (χ0) is 18.9. The number of ether oxygens (including phenoxy) is 2. The Morgan fingerprint density at radius 3 is 2.33 bits per heavy atom. The van der Waals surface area contributed by atoms with Gasteiger partial charge in [0.05, 0.1) is 18.1 Å². The standard InChI is InChI=1S/C19H21NO6S/c21-18(20-10-8-19(9-11-20)24-12-13-25-19)17-7-6-15(26-17)14-27(22,23)16-4-2-1-3-5-16/h1-7H,8-14H2. The van der Waals surface area contributed by atoms with Crippen LogP contribution in [0.5, 0.6) is 0 Å². The Morgan fingerprint density at radius 2 is 1.67 bits per heavy atom. The number of hydrogen-bond donors (Lipinski definition) is 0. The first-order valence-corrected chi connectivity index (χ1v) is 10.6. The van der Waals surface area contributed by atoms with Crippen molar-refractivity contribution in [1.29, 1.82) is 0 Å². The summed E-state index contributed by atoms with van der Waals surface area (Å²) in [4.78, 5) is 14.6. The van der Waals surface area contributed by atoms with E-state index in [-0.39, 0.29) is 28.1 Å². The fraction of sp³-hybridized carbons (Fsp3) is 0.421. The Balaban J connectivity index is 1.41. The number of rotatable bonds is 4. The number of benzene rings is 1. The lowest BCUT2D eigenvalue weighted by Gasteiger charge is -2.37. The second-order valence-corrected chi connectivity index (χ2v) is 8.73. The van der Waals surface area contributed by atoms with Crippen molar-refractivity contribution in [3.05, 3.63) is 54.0 Å². The van der Waals surface area contributed by atoms with Gasteiger partial charge in [-0.15, -0.1) is 0 Å². The van der Waals surface area contributed by atoms with Crippen molar-refractivity contribution in [2.45, 2.75) is 29.3 Å². The summed E-state index contributed by atoms with van der Waals surface area (Å²) in [6, 6.07) is 11.3. The molecule has 3 heterocycles. The predicted molar refractivity (Wildman–Crippen MR) is 95.8 cm³/mol. The number of carbonyl (C=O) groups excluding carboxylic acids is 1. The summed E-state index contributed by atoms with van der Waals surface area (Å²) >= 11 is 0. The van der Waals surface area contributed by atoms with Gasteiger partial charge in [0.25, 0.3) is 5.91 Å². The summed E-state index contributed by atoms with van der Waals surface area (Å²) in [6.45, 7) is 2.20. The molecule has 1 spiro atoms. The van der Waals surface area contributed by atoms with Crippen LogP contribution >= 0.6 is 0 Å². The van der Waals surface area contributed by atoms with Crippen LogP contribution in [0.1, 0.15) is 29.2 Å². The largest absolute Gasteiger partial charge is 0.455 e. The van der Waals surface area contributed by atoms with Gasteiger partial charge in [0.15, 0.2) is 21.4 Å². The first kappa shape index (κ1) is 18.2. The molecule has 2 aromatic rings. The SMILES string of the molecule is O=C(c1ccc(CS(=O)(=O)c2ccccc2)o1)N1CCC2(CC1)OCCO2. The number of nitrogens with zero attached hydrogens (tertiary/aromatic N) is 1. The van der Waals surface area contributed by atoms with Crippen molar-refractivity contribution in [3.63, 3.8) is 0 Å². The summed E-state index contributed by atoms with van der Waals surface area (Å²) in [5.41, 5.74) is 0. The number of likely N-dealkylation sites (tertiary alicyclic amines) is 1. The van der Waals surface area contributed by atoms with E-state index < -0.39 is 15.6 Å². The first-order chi connectivity index (χ1) is 13.0. The van der Waals surface area contributed by atoms with Gasteiger partial charge in [-0.25, -0.2) is 8.42 Å². The van der Waals surface area contributed by atoms with E-state index in [4.69, 9.17) is 13.9 Å². The Hall–Kier alpha value is -2.16. The highest BCUT2D eigenvalue weighted by Gasteiger charge is 2.41. The molecule has 0 saturated carbocycles. The van der Waals surface area contributed by atoms with Crippen LogP contribution in [0, 0.1) is 0 Å². The minimum atomic E-state index is -3.52. The van der Waals surface area contributed by atoms with Gasteiger partial charge in [-0.3, -0.25) is 4.79 Å². The second-order valence-electron chi connectivity index (χ2n) is 6.74. The molecular weight excluding hydrogens is 370 g/mol. The number of carbonyl (C=O) groups is 1. The Labute approximate surface area is 157 Å². The molecule has 1 aromatic heterocycles. The normalized spacial score (nSPS) is 19.5. The number of sulfone groups is 1. The van der Waals surface area contributed by atoms with E-state index >= 15 is 0 Å². The Morgan fingerprint density at radius 1 is 1.00 bits per heavy atom. The van der Waals surface area contributed by atoms with Gasteiger partial charge in [0.1, 0.15) is 11.5 Å². The average molecular weight is 391 g/mol. The molecular formula is C19H21NO6S. The van der Waals surface area contributed by atoms with Gasteiger partial charge in [0, 0.05) is 25.9 Å². The zero-order valence-electron chi connectivity index (χ0n) is 14.8. The van der Waals surface area contributed by atoms with E-state index in [0.29, 0.717) is 39.1 Å². The molecule has 0 N–H and O–H groups in total. The molecule has 4 rings (SSSR count). The van der Waals surface area contributed by atoms with Crippen molar-refractivity contribution >= 4 is 15.7 Å². The van der Waals surface area contributed by atoms with Crippen molar-refractivity contribution in [1.82, 2.24) is 4.90 Å². The zero-order valence-corrected chi connectivity index (χ0v) is 15.6. The molecule has 1 amide bonds. The molecule has 2 aliphatic heterocycles. The molecule has 2 aliphatic rings. The summed E-state index contributed by atoms with van der Waals surface area (Å²) in [7, 11) is -3.52. The monoisotopic (exact) mass is 391 g/mol. The summed E-state index contributed by atoms with van der Waals surface area (Å²) < 4.78 is 41.8. The van der Waals surface area contributed by atoms with Crippen LogP contribution in [-0.2, 0) is 25.1 Å². The molecule has 0 atom stereocenters. The molecule has 2 saturated heterocycles. The minimum Gasteiger partial charge on any atom is -0.455 e. The van der Waals surface area contributed by atoms with E-state index in [0.717, 1.165) is 0 Å². The molecule has 144 valence electrons. The molecule has 1 aromatic carbocycles. The molecule has 27 heavy (non-hydrogen) atoms. The predicted octanol–water partition coefficient (Wildman–Crippen LogP) is 2.23. The smallest absolute Gasteiger partial charge is 0.289 e. The van der Waals surface area contributed by atoms with E-state index in [1.54, 1.807) is 41.3 Å². The van der Waals surface area contributed by atoms with Crippen LogP contribution in [0.15, 0.2) is 51.8 Å². The van der Waals surface area contributed by atoms with Crippen LogP contribution in [-0.4, -0.2) is 51.3 Å². The third kappa shape index (κ3) is 3.78. The maximum absolute atomic E-state index is 12.7. The molecule has 0 unspecified atom stereocenters. The van der Waals surface area contributed by atoms with Crippen molar-refractivity contribution < 1.29 is 27.1 Å². The maximum atomic E-state index is 12.7. The topological polar surface area (TPSA) is 86.0 Å². The van der Waals surface area contributed by atoms with E-state index in [2.05, 4.69) is 0 Å². The van der Waals surface area contributed by atoms with Gasteiger partial charge in [-0.05, 0) is 24.3 Å². The summed E-state index contributed by atoms with van der Waals surface area (Å²) in [5, 5.41) is 0. The minimum absolute atomic E-state index is 0.150. The third-order valence-corrected chi connectivity index (χ3v) is 6.59. The van der Waals surface area contributed by atoms with E-state index in [1.807, 2.05) is 0 Å². The van der Waals surface area contributed by atoms with Crippen LogP contribution in [0.4, 0.5) is 0 Å². The molecule has 0 radical (unpaired) electrons. The third-order valence-electron chi connectivity index (χ3n) is 4.93. The van der Waals surface area contributed by atoms with Crippen LogP contribution in [0.2, 0.25) is 0 Å². The summed E-state index contributed by atoms with van der Waals surface area (Å²) in [5.74, 6) is -0.675. The lowest BCUT2D eigenvalue weighted by Crippen LogP contribution is -2.47. The first-order valence-electron chi connectivity index (χ1n) is 8.91. The van der Waals surface area contributed by atoms with Crippen LogP contribution < -0.4 is 0 Å². The van der Waals surface area contributed by atoms with E-state index in [9.17, 15) is 13.2 Å². The highest BCUT2D eigenvalue weighted by Crippen LogP contribution is 2.32. The van der Waals surface area contributed by atoms with Crippen LogP contribution in [0.25, 0.3) is 0 Å². The fourth-order valence-corrected chi connectivity index (χ4v) is 4.73. The summed E-state index contributed by atoms with van der Waals surface area (Å²) in [6.07, 6.45) is 1.24. The lowest BCUT2D eigenvalue weighted by atomic mass is 10.0. The lowest BCUT2D eigenvalue weighted by molar-refractivity contribution is -0.181. The maximum Gasteiger partial charge on any atom is 0.289 e. The van der Waals surface area contributed by atoms with E-state index in [1.165, 1.54) is 6.07 Å². The van der Waals surface area contributed by atoms with Crippen molar-refractivity contribution in [3.8, 4) is 0 Å². The quantitative estimate of drug-likeness (QED) is 0.795. The molecule has 8 heteroatoms. The second kappa shape index (κ2) is 7.10. The Kier molecular flexibility index (Phi) is 4.79. The van der Waals surface area contributed by atoms with Crippen molar-refractivity contribution in [2.75, 3.05) is 26.3 Å². The number of furan rings is 1. The number of hydrogen-bond acceptors (Lipinski definition) is 6. The Bertz CT molecular complexity index is 905.